The molecular formula is C40H23F2N5. The first-order chi connectivity index (χ1) is 23.1. The van der Waals surface area contributed by atoms with Crippen LogP contribution in [0, 0.1) is 23.0 Å². The van der Waals surface area contributed by atoms with Crippen LogP contribution in [-0.4, -0.2) is 19.5 Å². The Labute approximate surface area is 268 Å². The molecule has 2 aromatic heterocycles. The molecule has 0 N–H and O–H groups in total. The van der Waals surface area contributed by atoms with Gasteiger partial charge in [0.2, 0.25) is 0 Å². The van der Waals surface area contributed by atoms with Gasteiger partial charge in [-0.2, -0.15) is 5.26 Å². The van der Waals surface area contributed by atoms with Gasteiger partial charge in [-0.05, 0) is 53.6 Å². The van der Waals surface area contributed by atoms with E-state index in [1.54, 1.807) is 0 Å². The molecule has 7 heteroatoms. The Morgan fingerprint density at radius 1 is 0.489 bits per heavy atom. The molecule has 0 aliphatic heterocycles. The van der Waals surface area contributed by atoms with Gasteiger partial charge in [-0.25, -0.2) is 23.7 Å². The molecule has 0 unspecified atom stereocenters. The quantitative estimate of drug-likeness (QED) is 0.194. The Morgan fingerprint density at radius 3 is 1.74 bits per heavy atom. The number of fused-ring (bicyclic) bond motifs is 3. The lowest BCUT2D eigenvalue weighted by atomic mass is 10.0. The van der Waals surface area contributed by atoms with E-state index in [0.717, 1.165) is 44.7 Å². The van der Waals surface area contributed by atoms with Gasteiger partial charge in [-0.15, -0.1) is 0 Å². The van der Waals surface area contributed by atoms with Crippen LogP contribution < -0.4 is 0 Å². The Morgan fingerprint density at radius 2 is 1.09 bits per heavy atom. The Kier molecular flexibility index (Phi) is 6.81. The number of hydrogen-bond donors (Lipinski definition) is 0. The minimum Gasteiger partial charge on any atom is -0.308 e. The molecule has 0 saturated heterocycles. The number of aromatic nitrogens is 4. The molecule has 5 nitrogen and oxygen atoms in total. The summed E-state index contributed by atoms with van der Waals surface area (Å²) < 4.78 is 31.0. The molecule has 47 heavy (non-hydrogen) atoms. The van der Waals surface area contributed by atoms with Crippen molar-refractivity contribution in [2.45, 2.75) is 0 Å². The van der Waals surface area contributed by atoms with Gasteiger partial charge in [0, 0.05) is 33.5 Å². The summed E-state index contributed by atoms with van der Waals surface area (Å²) in [6, 6.07) is 44.3. The minimum absolute atomic E-state index is 0.380. The van der Waals surface area contributed by atoms with Gasteiger partial charge in [0.05, 0.1) is 28.4 Å². The summed E-state index contributed by atoms with van der Waals surface area (Å²) in [6.07, 6.45) is 0. The number of hydrogen-bond acceptors (Lipinski definition) is 4. The van der Waals surface area contributed by atoms with Gasteiger partial charge < -0.3 is 4.57 Å². The number of nitriles is 1. The first-order valence-corrected chi connectivity index (χ1v) is 15.0. The summed E-state index contributed by atoms with van der Waals surface area (Å²) in [4.78, 5) is 14.8. The summed E-state index contributed by atoms with van der Waals surface area (Å²) in [5.74, 6) is 0.00637. The Bertz CT molecular complexity index is 2420. The maximum absolute atomic E-state index is 14.4. The first-order valence-electron chi connectivity index (χ1n) is 15.0. The lowest BCUT2D eigenvalue weighted by Crippen LogP contribution is -2.04. The van der Waals surface area contributed by atoms with E-state index in [2.05, 4.69) is 10.6 Å². The fourth-order valence-corrected chi connectivity index (χ4v) is 6.04. The first kappa shape index (κ1) is 28.0. The van der Waals surface area contributed by atoms with Crippen LogP contribution in [0.2, 0.25) is 0 Å². The second-order valence-corrected chi connectivity index (χ2v) is 11.1. The molecular weight excluding hydrogens is 588 g/mol. The van der Waals surface area contributed by atoms with Gasteiger partial charge >= 0.3 is 0 Å². The number of para-hydroxylation sites is 1. The predicted molar refractivity (Wildman–Crippen MR) is 181 cm³/mol. The average Bonchev–Trinajstić information content (AvgIpc) is 3.45. The maximum Gasteiger partial charge on any atom is 0.166 e. The van der Waals surface area contributed by atoms with Crippen LogP contribution in [0.4, 0.5) is 8.78 Å². The summed E-state index contributed by atoms with van der Waals surface area (Å²) in [6.45, 7) is 0. The average molecular weight is 612 g/mol. The van der Waals surface area contributed by atoms with E-state index in [-0.39, 0.29) is 0 Å². The number of rotatable bonds is 5. The normalized spacial score (nSPS) is 11.2. The Balaban J connectivity index is 1.47. The molecule has 0 radical (unpaired) electrons. The zero-order valence-electron chi connectivity index (χ0n) is 24.8. The molecule has 0 aliphatic carbocycles. The third-order valence-electron chi connectivity index (χ3n) is 8.18. The molecule has 222 valence electrons. The topological polar surface area (TPSA) is 67.4 Å². The van der Waals surface area contributed by atoms with Crippen molar-refractivity contribution >= 4 is 21.8 Å². The number of nitrogens with zero attached hydrogens (tertiary/aromatic N) is 5. The van der Waals surface area contributed by atoms with Gasteiger partial charge in [0.15, 0.2) is 17.5 Å². The minimum atomic E-state index is -0.671. The smallest absolute Gasteiger partial charge is 0.166 e. The van der Waals surface area contributed by atoms with Crippen molar-refractivity contribution < 1.29 is 8.78 Å². The molecule has 6 aromatic carbocycles. The van der Waals surface area contributed by atoms with Gasteiger partial charge in [-0.3, -0.25) is 0 Å². The van der Waals surface area contributed by atoms with E-state index in [4.69, 9.17) is 15.0 Å². The fraction of sp³-hybridized carbons (Fsp3) is 0. The predicted octanol–water partition coefficient (Wildman–Crippen LogP) is 9.79. The second kappa shape index (κ2) is 11.4. The van der Waals surface area contributed by atoms with Crippen LogP contribution in [0.3, 0.4) is 0 Å². The highest BCUT2D eigenvalue weighted by atomic mass is 19.1. The second-order valence-electron chi connectivity index (χ2n) is 11.1. The lowest BCUT2D eigenvalue weighted by Gasteiger charge is -2.16. The number of benzene rings is 6. The zero-order chi connectivity index (χ0) is 31.9. The molecule has 0 amide bonds. The summed E-state index contributed by atoms with van der Waals surface area (Å²) in [5, 5.41) is 11.8. The van der Waals surface area contributed by atoms with Gasteiger partial charge in [0.25, 0.3) is 0 Å². The van der Waals surface area contributed by atoms with Gasteiger partial charge in [0.1, 0.15) is 11.6 Å². The molecule has 0 bridgehead atoms. The molecule has 0 fully saturated rings. The van der Waals surface area contributed by atoms with E-state index in [9.17, 15) is 14.0 Å². The van der Waals surface area contributed by atoms with Crippen molar-refractivity contribution in [3.05, 3.63) is 157 Å². The lowest BCUT2D eigenvalue weighted by molar-refractivity contribution is 0.584. The SMILES string of the molecule is N#Cc1ccc2c3ccccc3n(-c3ccc(-c4cc(F)cc(F)c4)cc3-c3nc(-c4ccccc4)nc(-c4ccccc4)n3)c2c1. The summed E-state index contributed by atoms with van der Waals surface area (Å²) >= 11 is 0. The molecule has 2 heterocycles. The number of halogens is 2. The van der Waals surface area contributed by atoms with Crippen LogP contribution in [0.15, 0.2) is 140 Å². The van der Waals surface area contributed by atoms with Crippen molar-refractivity contribution in [2.75, 3.05) is 0 Å². The van der Waals surface area contributed by atoms with E-state index < -0.39 is 11.6 Å². The largest absolute Gasteiger partial charge is 0.308 e. The van der Waals surface area contributed by atoms with E-state index in [1.165, 1.54) is 12.1 Å². The maximum atomic E-state index is 14.4. The third kappa shape index (κ3) is 5.08. The molecule has 0 atom stereocenters. The standard InChI is InChI=1S/C40H23F2N5/c41-30-20-29(21-31(42)23-30)28-16-18-36(47-35-14-8-7-13-32(35)33-17-15-25(24-43)19-37(33)47)34(22-28)40-45-38(26-9-3-1-4-10-26)44-39(46-40)27-11-5-2-6-12-27/h1-23H. The van der Waals surface area contributed by atoms with Crippen LogP contribution in [-0.2, 0) is 0 Å². The molecule has 0 aliphatic rings. The molecule has 0 saturated carbocycles. The van der Waals surface area contributed by atoms with Crippen molar-refractivity contribution in [2.24, 2.45) is 0 Å². The highest BCUT2D eigenvalue weighted by Gasteiger charge is 2.21. The van der Waals surface area contributed by atoms with Gasteiger partial charge in [-0.1, -0.05) is 91.0 Å². The highest BCUT2D eigenvalue weighted by Crippen LogP contribution is 2.38. The third-order valence-corrected chi connectivity index (χ3v) is 8.18. The van der Waals surface area contributed by atoms with E-state index in [1.807, 2.05) is 121 Å². The van der Waals surface area contributed by atoms with Crippen LogP contribution in [0.1, 0.15) is 5.56 Å². The monoisotopic (exact) mass is 611 g/mol. The van der Waals surface area contributed by atoms with Crippen molar-refractivity contribution in [3.63, 3.8) is 0 Å². The van der Waals surface area contributed by atoms with Crippen molar-refractivity contribution in [1.82, 2.24) is 19.5 Å². The van der Waals surface area contributed by atoms with Crippen LogP contribution in [0.5, 0.6) is 0 Å². The fourth-order valence-electron chi connectivity index (χ4n) is 6.04. The summed E-state index contributed by atoms with van der Waals surface area (Å²) in [7, 11) is 0. The molecule has 0 spiro atoms. The molecule has 8 aromatic rings. The summed E-state index contributed by atoms with van der Waals surface area (Å²) in [5.41, 5.74) is 6.22. The van der Waals surface area contributed by atoms with Crippen LogP contribution >= 0.6 is 0 Å². The van der Waals surface area contributed by atoms with E-state index >= 15 is 0 Å². The highest BCUT2D eigenvalue weighted by molar-refractivity contribution is 6.10. The Hall–Kier alpha value is -6.52. The zero-order valence-corrected chi connectivity index (χ0v) is 24.8. The molecule has 8 rings (SSSR count). The van der Waals surface area contributed by atoms with E-state index in [0.29, 0.717) is 39.7 Å². The van der Waals surface area contributed by atoms with Crippen molar-refractivity contribution in [3.8, 4) is 57.0 Å². The van der Waals surface area contributed by atoms with Crippen LogP contribution in [0.25, 0.3) is 72.8 Å². The van der Waals surface area contributed by atoms with Crippen molar-refractivity contribution in [1.29, 1.82) is 5.26 Å².